The zero-order chi connectivity index (χ0) is 20.5. The third-order valence-electron chi connectivity index (χ3n) is 4.23. The molecule has 3 aromatic rings. The molecular weight excluding hydrogens is 388 g/mol. The summed E-state index contributed by atoms with van der Waals surface area (Å²) in [5.74, 6) is 1.06. The van der Waals surface area contributed by atoms with E-state index in [1.165, 1.54) is 4.88 Å². The van der Waals surface area contributed by atoms with Crippen LogP contribution < -0.4 is 15.6 Å². The SMILES string of the molecule is CCCOc1ccc(-c2nnc(CCC(=O)NCCc3cccs3)c(=O)[nH]2)cc1. The highest BCUT2D eigenvalue weighted by Gasteiger charge is 2.10. The lowest BCUT2D eigenvalue weighted by atomic mass is 10.2. The van der Waals surface area contributed by atoms with Crippen molar-refractivity contribution in [3.63, 3.8) is 0 Å². The smallest absolute Gasteiger partial charge is 0.273 e. The van der Waals surface area contributed by atoms with Gasteiger partial charge in [0, 0.05) is 29.8 Å². The van der Waals surface area contributed by atoms with Crippen LogP contribution in [0.15, 0.2) is 46.6 Å². The van der Waals surface area contributed by atoms with Gasteiger partial charge >= 0.3 is 0 Å². The van der Waals surface area contributed by atoms with E-state index in [1.807, 2.05) is 48.7 Å². The zero-order valence-electron chi connectivity index (χ0n) is 16.3. The fourth-order valence-electron chi connectivity index (χ4n) is 2.68. The molecule has 8 heteroatoms. The van der Waals surface area contributed by atoms with Gasteiger partial charge in [-0.25, -0.2) is 0 Å². The molecule has 29 heavy (non-hydrogen) atoms. The van der Waals surface area contributed by atoms with E-state index in [2.05, 4.69) is 20.5 Å². The van der Waals surface area contributed by atoms with Gasteiger partial charge < -0.3 is 15.0 Å². The summed E-state index contributed by atoms with van der Waals surface area (Å²) in [6.45, 7) is 3.29. The molecular formula is C21H24N4O3S. The fraction of sp³-hybridized carbons (Fsp3) is 0.333. The maximum Gasteiger partial charge on any atom is 0.273 e. The van der Waals surface area contributed by atoms with Crippen molar-refractivity contribution < 1.29 is 9.53 Å². The molecule has 1 aromatic carbocycles. The average molecular weight is 413 g/mol. The van der Waals surface area contributed by atoms with Gasteiger partial charge in [0.25, 0.3) is 5.56 Å². The van der Waals surface area contributed by atoms with E-state index in [0.717, 1.165) is 24.2 Å². The summed E-state index contributed by atoms with van der Waals surface area (Å²) in [6, 6.07) is 11.3. The Morgan fingerprint density at radius 1 is 1.17 bits per heavy atom. The molecule has 0 saturated heterocycles. The Hall–Kier alpha value is -3.00. The predicted octanol–water partition coefficient (Wildman–Crippen LogP) is 2.97. The van der Waals surface area contributed by atoms with Gasteiger partial charge in [-0.15, -0.1) is 21.5 Å². The summed E-state index contributed by atoms with van der Waals surface area (Å²) in [4.78, 5) is 28.2. The molecule has 3 rings (SSSR count). The number of nitrogens with one attached hydrogen (secondary N) is 2. The van der Waals surface area contributed by atoms with Crippen LogP contribution in [0.3, 0.4) is 0 Å². The molecule has 0 atom stereocenters. The van der Waals surface area contributed by atoms with Crippen molar-refractivity contribution in [1.29, 1.82) is 0 Å². The Morgan fingerprint density at radius 3 is 2.69 bits per heavy atom. The lowest BCUT2D eigenvalue weighted by Gasteiger charge is -2.06. The summed E-state index contributed by atoms with van der Waals surface area (Å²) < 4.78 is 5.55. The minimum Gasteiger partial charge on any atom is -0.494 e. The number of aryl methyl sites for hydroxylation is 1. The number of hydrogen-bond acceptors (Lipinski definition) is 6. The van der Waals surface area contributed by atoms with Crippen molar-refractivity contribution >= 4 is 17.2 Å². The summed E-state index contributed by atoms with van der Waals surface area (Å²) in [5, 5.41) is 13.0. The summed E-state index contributed by atoms with van der Waals surface area (Å²) in [7, 11) is 0. The second-order valence-corrected chi connectivity index (χ2v) is 7.53. The number of amides is 1. The Kier molecular flexibility index (Phi) is 7.52. The predicted molar refractivity (Wildman–Crippen MR) is 113 cm³/mol. The van der Waals surface area contributed by atoms with Crippen molar-refractivity contribution in [2.24, 2.45) is 0 Å². The molecule has 0 saturated carbocycles. The zero-order valence-corrected chi connectivity index (χ0v) is 17.1. The number of thiophene rings is 1. The van der Waals surface area contributed by atoms with Gasteiger partial charge in [0.1, 0.15) is 11.4 Å². The lowest BCUT2D eigenvalue weighted by molar-refractivity contribution is -0.121. The Bertz CT molecular complexity index is 968. The Balaban J connectivity index is 1.51. The number of carbonyl (C=O) groups is 1. The van der Waals surface area contributed by atoms with Crippen LogP contribution in [-0.2, 0) is 17.6 Å². The van der Waals surface area contributed by atoms with Crippen LogP contribution in [0.2, 0.25) is 0 Å². The number of benzene rings is 1. The molecule has 0 fully saturated rings. The molecule has 0 bridgehead atoms. The molecule has 0 aliphatic rings. The first-order chi connectivity index (χ1) is 14.2. The van der Waals surface area contributed by atoms with E-state index < -0.39 is 0 Å². The number of rotatable bonds is 10. The molecule has 1 amide bonds. The quantitative estimate of drug-likeness (QED) is 0.534. The van der Waals surface area contributed by atoms with Gasteiger partial charge in [-0.3, -0.25) is 9.59 Å². The maximum atomic E-state index is 12.3. The second kappa shape index (κ2) is 10.5. The largest absolute Gasteiger partial charge is 0.494 e. The summed E-state index contributed by atoms with van der Waals surface area (Å²) >= 11 is 1.67. The normalized spacial score (nSPS) is 10.7. The first-order valence-corrected chi connectivity index (χ1v) is 10.5. The van der Waals surface area contributed by atoms with E-state index in [1.54, 1.807) is 11.3 Å². The van der Waals surface area contributed by atoms with Crippen LogP contribution in [0.4, 0.5) is 0 Å². The molecule has 7 nitrogen and oxygen atoms in total. The number of ether oxygens (including phenoxy) is 1. The molecule has 0 radical (unpaired) electrons. The third kappa shape index (κ3) is 6.25. The molecule has 0 unspecified atom stereocenters. The molecule has 0 aliphatic carbocycles. The summed E-state index contributed by atoms with van der Waals surface area (Å²) in [6.07, 6.45) is 2.19. The molecule has 2 heterocycles. The molecule has 2 N–H and O–H groups in total. The maximum absolute atomic E-state index is 12.3. The minimum atomic E-state index is -0.326. The van der Waals surface area contributed by atoms with Crippen molar-refractivity contribution in [1.82, 2.24) is 20.5 Å². The third-order valence-corrected chi connectivity index (χ3v) is 5.16. The summed E-state index contributed by atoms with van der Waals surface area (Å²) in [5.41, 5.74) is 0.675. The van der Waals surface area contributed by atoms with E-state index >= 15 is 0 Å². The van der Waals surface area contributed by atoms with Crippen LogP contribution in [0.1, 0.15) is 30.3 Å². The van der Waals surface area contributed by atoms with Crippen LogP contribution in [0.5, 0.6) is 5.75 Å². The highest BCUT2D eigenvalue weighted by atomic mass is 32.1. The number of aromatic nitrogens is 3. The van der Waals surface area contributed by atoms with E-state index in [0.29, 0.717) is 19.0 Å². The van der Waals surface area contributed by atoms with E-state index in [9.17, 15) is 9.59 Å². The van der Waals surface area contributed by atoms with Crippen LogP contribution in [0.25, 0.3) is 11.4 Å². The number of nitrogens with zero attached hydrogens (tertiary/aromatic N) is 2. The average Bonchev–Trinajstić information content (AvgIpc) is 3.25. The van der Waals surface area contributed by atoms with Crippen LogP contribution in [-0.4, -0.2) is 34.2 Å². The second-order valence-electron chi connectivity index (χ2n) is 6.50. The van der Waals surface area contributed by atoms with E-state index in [-0.39, 0.29) is 30.0 Å². The number of carbonyl (C=O) groups excluding carboxylic acids is 1. The molecule has 0 spiro atoms. The first kappa shape index (κ1) is 20.7. The van der Waals surface area contributed by atoms with Gasteiger partial charge in [0.15, 0.2) is 5.82 Å². The lowest BCUT2D eigenvalue weighted by Crippen LogP contribution is -2.27. The number of aromatic amines is 1. The van der Waals surface area contributed by atoms with Crippen LogP contribution in [0, 0.1) is 0 Å². The van der Waals surface area contributed by atoms with Crippen molar-refractivity contribution in [2.75, 3.05) is 13.2 Å². The van der Waals surface area contributed by atoms with E-state index in [4.69, 9.17) is 4.74 Å². The van der Waals surface area contributed by atoms with Gasteiger partial charge in [0.2, 0.25) is 5.91 Å². The molecule has 152 valence electrons. The van der Waals surface area contributed by atoms with Gasteiger partial charge in [-0.1, -0.05) is 13.0 Å². The topological polar surface area (TPSA) is 97.0 Å². The molecule has 2 aromatic heterocycles. The van der Waals surface area contributed by atoms with Gasteiger partial charge in [0.05, 0.1) is 6.61 Å². The fourth-order valence-corrected chi connectivity index (χ4v) is 3.39. The minimum absolute atomic E-state index is 0.102. The molecule has 0 aliphatic heterocycles. The standard InChI is InChI=1S/C21H24N4O3S/c1-2-13-28-16-7-5-15(6-8-16)20-23-21(27)18(24-25-20)9-10-19(26)22-12-11-17-4-3-14-29-17/h3-8,14H,2,9-13H2,1H3,(H,22,26)(H,23,25,27). The number of H-pyrrole nitrogens is 1. The van der Waals surface area contributed by atoms with Gasteiger partial charge in [-0.2, -0.15) is 0 Å². The number of hydrogen-bond donors (Lipinski definition) is 2. The highest BCUT2D eigenvalue weighted by Crippen LogP contribution is 2.18. The first-order valence-electron chi connectivity index (χ1n) is 9.64. The monoisotopic (exact) mass is 412 g/mol. The Labute approximate surface area is 173 Å². The Morgan fingerprint density at radius 2 is 2.00 bits per heavy atom. The van der Waals surface area contributed by atoms with Crippen molar-refractivity contribution in [2.45, 2.75) is 32.6 Å². The highest BCUT2D eigenvalue weighted by molar-refractivity contribution is 7.09. The van der Waals surface area contributed by atoms with Crippen molar-refractivity contribution in [3.05, 3.63) is 62.7 Å². The van der Waals surface area contributed by atoms with Crippen molar-refractivity contribution in [3.8, 4) is 17.1 Å². The van der Waals surface area contributed by atoms with Gasteiger partial charge in [-0.05, 0) is 48.6 Å². The van der Waals surface area contributed by atoms with Crippen LogP contribution >= 0.6 is 11.3 Å².